The van der Waals surface area contributed by atoms with Crippen molar-refractivity contribution in [1.82, 2.24) is 0 Å². The fourth-order valence-electron chi connectivity index (χ4n) is 4.79. The number of rotatable bonds is 11. The number of ether oxygens (including phenoxy) is 6. The Kier molecular flexibility index (Phi) is 12.0. The molecule has 15 heteroatoms. The molecule has 38 heavy (non-hydrogen) atoms. The van der Waals surface area contributed by atoms with Crippen LogP contribution in [0.3, 0.4) is 0 Å². The Bertz CT molecular complexity index is 705. The lowest BCUT2D eigenvalue weighted by Crippen LogP contribution is -2.65. The molecule has 0 bridgehead atoms. The Hall–Kier alpha value is -0.600. The monoisotopic (exact) mass is 557 g/mol. The smallest absolute Gasteiger partial charge is 0.187 e. The molecule has 15 nitrogen and oxygen atoms in total. The Morgan fingerprint density at radius 3 is 1.79 bits per heavy atom. The van der Waals surface area contributed by atoms with Gasteiger partial charge in [-0.3, -0.25) is 0 Å². The third-order valence-electron chi connectivity index (χ3n) is 7.31. The third-order valence-corrected chi connectivity index (χ3v) is 7.31. The minimum atomic E-state index is -1.71. The van der Waals surface area contributed by atoms with E-state index < -0.39 is 105 Å². The van der Waals surface area contributed by atoms with Crippen LogP contribution in [0.2, 0.25) is 0 Å². The van der Waals surface area contributed by atoms with Crippen molar-refractivity contribution in [3.63, 3.8) is 0 Å². The van der Waals surface area contributed by atoms with Gasteiger partial charge in [0, 0.05) is 12.5 Å². The van der Waals surface area contributed by atoms with Crippen LogP contribution in [0.1, 0.15) is 26.7 Å². The van der Waals surface area contributed by atoms with Gasteiger partial charge in [0.25, 0.3) is 0 Å². The first-order valence-electron chi connectivity index (χ1n) is 12.9. The Morgan fingerprint density at radius 2 is 1.18 bits per heavy atom. The Morgan fingerprint density at radius 1 is 0.632 bits per heavy atom. The molecule has 0 aromatic rings. The van der Waals surface area contributed by atoms with Gasteiger partial charge in [-0.05, 0) is 26.3 Å². The van der Waals surface area contributed by atoms with Crippen molar-refractivity contribution >= 4 is 0 Å². The maximum absolute atomic E-state index is 10.5. The highest BCUT2D eigenvalue weighted by molar-refractivity contribution is 4.95. The number of hydrogen-bond donors (Lipinski definition) is 9. The summed E-state index contributed by atoms with van der Waals surface area (Å²) >= 11 is 0. The van der Waals surface area contributed by atoms with Crippen LogP contribution in [-0.2, 0) is 28.4 Å². The van der Waals surface area contributed by atoms with Crippen LogP contribution in [0.25, 0.3) is 0 Å². The highest BCUT2D eigenvalue weighted by atomic mass is 16.8. The lowest BCUT2D eigenvalue weighted by molar-refractivity contribution is -0.385. The van der Waals surface area contributed by atoms with Crippen molar-refractivity contribution in [2.75, 3.05) is 26.4 Å². The topological polar surface area (TPSA) is 243 Å². The molecule has 224 valence electrons. The van der Waals surface area contributed by atoms with Crippen LogP contribution in [-0.4, -0.2) is 153 Å². The zero-order valence-electron chi connectivity index (χ0n) is 21.5. The van der Waals surface area contributed by atoms with Crippen LogP contribution in [0, 0.1) is 5.92 Å². The SMILES string of the molecule is CC1O[C@@H](OC2[C@H](OCCCCN)OC(CO)[C@H](C)[C@@H]2O[C@H]2OC(CO)[C@H](O)[C@H](O)C2O)C(O)[C@@H](O)[C@H]1O. The van der Waals surface area contributed by atoms with Gasteiger partial charge < -0.3 is 75.0 Å². The molecule has 3 aliphatic heterocycles. The second kappa shape index (κ2) is 14.3. The Balaban J connectivity index is 1.88. The highest BCUT2D eigenvalue weighted by Crippen LogP contribution is 2.36. The largest absolute Gasteiger partial charge is 0.394 e. The molecular weight excluding hydrogens is 514 g/mol. The molecule has 3 aliphatic rings. The van der Waals surface area contributed by atoms with E-state index in [2.05, 4.69) is 0 Å². The van der Waals surface area contributed by atoms with E-state index >= 15 is 0 Å². The summed E-state index contributed by atoms with van der Waals surface area (Å²) in [4.78, 5) is 0. The van der Waals surface area contributed by atoms with Gasteiger partial charge in [0.15, 0.2) is 18.9 Å². The second-order valence-electron chi connectivity index (χ2n) is 10.0. The molecule has 0 aromatic heterocycles. The van der Waals surface area contributed by atoms with Gasteiger partial charge >= 0.3 is 0 Å². The first-order chi connectivity index (χ1) is 18.0. The predicted octanol–water partition coefficient (Wildman–Crippen LogP) is -4.51. The van der Waals surface area contributed by atoms with Crippen LogP contribution in [0.4, 0.5) is 0 Å². The second-order valence-corrected chi connectivity index (χ2v) is 10.0. The van der Waals surface area contributed by atoms with Gasteiger partial charge in [-0.1, -0.05) is 6.92 Å². The zero-order chi connectivity index (χ0) is 28.1. The molecule has 15 atom stereocenters. The molecule has 0 saturated carbocycles. The average Bonchev–Trinajstić information content (AvgIpc) is 2.91. The van der Waals surface area contributed by atoms with Crippen LogP contribution >= 0.6 is 0 Å². The van der Waals surface area contributed by atoms with E-state index in [4.69, 9.17) is 34.2 Å². The zero-order valence-corrected chi connectivity index (χ0v) is 21.5. The third kappa shape index (κ3) is 6.99. The number of hydrogen-bond acceptors (Lipinski definition) is 15. The molecule has 3 fully saturated rings. The van der Waals surface area contributed by atoms with Crippen molar-refractivity contribution in [2.24, 2.45) is 11.7 Å². The summed E-state index contributed by atoms with van der Waals surface area (Å²) in [5, 5.41) is 81.2. The molecule has 3 heterocycles. The standard InChI is InChI=1S/C23H43NO14/c1-9-11(7-25)35-23(33-6-4-3-5-24)20(38-21-17(31)15(29)13(27)10(2)34-21)19(9)37-22-18(32)16(30)14(28)12(8-26)36-22/h9-23,25-32H,3-8,24H2,1-2H3/t9-,10?,11?,12?,13-,14-,15-,16-,17?,18?,19-,20?,21-,22+,23+/m0/s1. The average molecular weight is 558 g/mol. The number of unbranched alkanes of at least 4 members (excludes halogenated alkanes) is 1. The van der Waals surface area contributed by atoms with E-state index in [9.17, 15) is 40.9 Å². The molecule has 0 radical (unpaired) electrons. The van der Waals surface area contributed by atoms with Crippen molar-refractivity contribution < 1.29 is 69.3 Å². The van der Waals surface area contributed by atoms with Crippen LogP contribution < -0.4 is 5.73 Å². The predicted molar refractivity (Wildman–Crippen MR) is 125 cm³/mol. The van der Waals surface area contributed by atoms with Gasteiger partial charge in [0.2, 0.25) is 0 Å². The molecule has 3 saturated heterocycles. The quantitative estimate of drug-likeness (QED) is 0.109. The molecule has 3 rings (SSSR count). The first kappa shape index (κ1) is 31.9. The number of aliphatic hydroxyl groups excluding tert-OH is 8. The van der Waals surface area contributed by atoms with Gasteiger partial charge in [-0.25, -0.2) is 0 Å². The van der Waals surface area contributed by atoms with E-state index in [0.29, 0.717) is 19.4 Å². The number of aliphatic hydroxyl groups is 8. The lowest BCUT2D eigenvalue weighted by Gasteiger charge is -2.49. The van der Waals surface area contributed by atoms with E-state index in [0.717, 1.165) is 0 Å². The summed E-state index contributed by atoms with van der Waals surface area (Å²) in [5.74, 6) is -0.644. The van der Waals surface area contributed by atoms with Crippen molar-refractivity contribution in [2.45, 2.75) is 113 Å². The molecule has 0 amide bonds. The molecule has 0 aliphatic carbocycles. The molecule has 10 N–H and O–H groups in total. The number of nitrogens with two attached hydrogens (primary N) is 1. The van der Waals surface area contributed by atoms with Crippen molar-refractivity contribution in [3.05, 3.63) is 0 Å². The van der Waals surface area contributed by atoms with E-state index in [1.807, 2.05) is 0 Å². The van der Waals surface area contributed by atoms with Crippen LogP contribution in [0.5, 0.6) is 0 Å². The molecule has 6 unspecified atom stereocenters. The highest BCUT2D eigenvalue weighted by Gasteiger charge is 2.53. The van der Waals surface area contributed by atoms with Crippen LogP contribution in [0.15, 0.2) is 0 Å². The summed E-state index contributed by atoms with van der Waals surface area (Å²) in [5.41, 5.74) is 5.55. The summed E-state index contributed by atoms with van der Waals surface area (Å²) in [6, 6.07) is 0. The minimum absolute atomic E-state index is 0.187. The Labute approximate surface area is 220 Å². The lowest BCUT2D eigenvalue weighted by atomic mass is 9.90. The van der Waals surface area contributed by atoms with E-state index in [1.54, 1.807) is 6.92 Å². The maximum Gasteiger partial charge on any atom is 0.187 e. The summed E-state index contributed by atoms with van der Waals surface area (Å²) in [6.07, 6.45) is -17.8. The summed E-state index contributed by atoms with van der Waals surface area (Å²) < 4.78 is 35.0. The summed E-state index contributed by atoms with van der Waals surface area (Å²) in [7, 11) is 0. The summed E-state index contributed by atoms with van der Waals surface area (Å²) in [6.45, 7) is 2.67. The fourth-order valence-corrected chi connectivity index (χ4v) is 4.79. The van der Waals surface area contributed by atoms with Crippen molar-refractivity contribution in [1.29, 1.82) is 0 Å². The first-order valence-corrected chi connectivity index (χ1v) is 12.9. The van der Waals surface area contributed by atoms with Gasteiger partial charge in [-0.2, -0.15) is 0 Å². The minimum Gasteiger partial charge on any atom is -0.394 e. The van der Waals surface area contributed by atoms with Gasteiger partial charge in [0.05, 0.1) is 31.5 Å². The van der Waals surface area contributed by atoms with Gasteiger partial charge in [0.1, 0.15) is 48.8 Å². The van der Waals surface area contributed by atoms with E-state index in [1.165, 1.54) is 6.92 Å². The molecule has 0 spiro atoms. The maximum atomic E-state index is 10.5. The molecular formula is C23H43NO14. The van der Waals surface area contributed by atoms with Crippen molar-refractivity contribution in [3.8, 4) is 0 Å². The normalized spacial score (nSPS) is 48.2. The molecule has 0 aromatic carbocycles. The fraction of sp³-hybridized carbons (Fsp3) is 1.00. The van der Waals surface area contributed by atoms with E-state index in [-0.39, 0.29) is 6.61 Å². The van der Waals surface area contributed by atoms with Gasteiger partial charge in [-0.15, -0.1) is 0 Å².